The molecule has 0 radical (unpaired) electrons. The summed E-state index contributed by atoms with van der Waals surface area (Å²) < 4.78 is 16.1. The molecule has 100 valence electrons. The van der Waals surface area contributed by atoms with Crippen molar-refractivity contribution in [3.8, 4) is 17.2 Å². The molecule has 0 aliphatic heterocycles. The molecule has 1 aromatic heterocycles. The van der Waals surface area contributed by atoms with E-state index < -0.39 is 0 Å². The smallest absolute Gasteiger partial charge is 0.185 e. The number of pyridine rings is 1. The van der Waals surface area contributed by atoms with Crippen LogP contribution in [-0.4, -0.2) is 19.2 Å². The number of ether oxygens (including phenoxy) is 3. The van der Waals surface area contributed by atoms with Gasteiger partial charge in [0.2, 0.25) is 0 Å². The Balaban J connectivity index is 2.13. The maximum Gasteiger partial charge on any atom is 0.185 e. The van der Waals surface area contributed by atoms with Gasteiger partial charge in [-0.3, -0.25) is 4.98 Å². The lowest BCUT2D eigenvalue weighted by atomic mass is 10.3. The molecule has 0 amide bonds. The first-order valence-electron chi connectivity index (χ1n) is 5.78. The van der Waals surface area contributed by atoms with E-state index in [2.05, 4.69) is 4.98 Å². The van der Waals surface area contributed by atoms with Crippen molar-refractivity contribution in [3.05, 3.63) is 42.2 Å². The monoisotopic (exact) mass is 260 g/mol. The highest BCUT2D eigenvalue weighted by molar-refractivity contribution is 5.43. The lowest BCUT2D eigenvalue weighted by Gasteiger charge is -2.12. The molecular formula is C14H16N2O3. The zero-order chi connectivity index (χ0) is 13.7. The van der Waals surface area contributed by atoms with Gasteiger partial charge >= 0.3 is 0 Å². The minimum atomic E-state index is 0.296. The van der Waals surface area contributed by atoms with Crippen molar-refractivity contribution in [3.63, 3.8) is 0 Å². The maximum absolute atomic E-state index is 5.64. The van der Waals surface area contributed by atoms with Crippen LogP contribution < -0.4 is 19.9 Å². The molecule has 2 aromatic rings. The molecule has 19 heavy (non-hydrogen) atoms. The highest BCUT2D eigenvalue weighted by Crippen LogP contribution is 2.29. The predicted octanol–water partition coefficient (Wildman–Crippen LogP) is 2.26. The second-order valence-corrected chi connectivity index (χ2v) is 3.85. The molecule has 5 heteroatoms. The Morgan fingerprint density at radius 1 is 1.05 bits per heavy atom. The zero-order valence-electron chi connectivity index (χ0n) is 10.9. The zero-order valence-corrected chi connectivity index (χ0v) is 10.9. The highest BCUT2D eigenvalue weighted by Gasteiger charge is 2.11. The van der Waals surface area contributed by atoms with Gasteiger partial charge in [-0.25, -0.2) is 0 Å². The molecule has 0 bridgehead atoms. The fraction of sp³-hybridized carbons (Fsp3) is 0.214. The van der Waals surface area contributed by atoms with Crippen LogP contribution in [-0.2, 0) is 6.61 Å². The average Bonchev–Trinajstić information content (AvgIpc) is 2.46. The van der Waals surface area contributed by atoms with Crippen LogP contribution in [0.15, 0.2) is 36.5 Å². The first-order chi connectivity index (χ1) is 9.24. The first-order valence-corrected chi connectivity index (χ1v) is 5.78. The van der Waals surface area contributed by atoms with Crippen molar-refractivity contribution in [2.24, 2.45) is 0 Å². The van der Waals surface area contributed by atoms with E-state index in [1.54, 1.807) is 38.6 Å². The van der Waals surface area contributed by atoms with Gasteiger partial charge in [0.25, 0.3) is 0 Å². The van der Waals surface area contributed by atoms with E-state index in [9.17, 15) is 0 Å². The molecule has 0 aliphatic rings. The Bertz CT molecular complexity index is 541. The summed E-state index contributed by atoms with van der Waals surface area (Å²) in [6.45, 7) is 0.296. The molecule has 5 nitrogen and oxygen atoms in total. The second-order valence-electron chi connectivity index (χ2n) is 3.85. The lowest BCUT2D eigenvalue weighted by Crippen LogP contribution is -2.03. The number of methoxy groups -OCH3 is 2. The Morgan fingerprint density at radius 2 is 1.79 bits per heavy atom. The highest BCUT2D eigenvalue weighted by atomic mass is 16.5. The van der Waals surface area contributed by atoms with Gasteiger partial charge in [0, 0.05) is 18.0 Å². The number of rotatable bonds is 5. The third-order valence-electron chi connectivity index (χ3n) is 2.62. The summed E-state index contributed by atoms with van der Waals surface area (Å²) in [5.74, 6) is 1.94. The first kappa shape index (κ1) is 13.0. The van der Waals surface area contributed by atoms with Crippen molar-refractivity contribution in [1.82, 2.24) is 4.98 Å². The van der Waals surface area contributed by atoms with E-state index in [1.807, 2.05) is 12.1 Å². The Kier molecular flexibility index (Phi) is 4.07. The number of benzene rings is 1. The van der Waals surface area contributed by atoms with Crippen LogP contribution in [0.4, 0.5) is 5.69 Å². The molecular weight excluding hydrogens is 244 g/mol. The number of anilines is 1. The normalized spacial score (nSPS) is 10.0. The minimum absolute atomic E-state index is 0.296. The van der Waals surface area contributed by atoms with Crippen molar-refractivity contribution in [2.75, 3.05) is 20.0 Å². The molecule has 0 fully saturated rings. The largest absolute Gasteiger partial charge is 0.493 e. The molecule has 0 unspecified atom stereocenters. The Hall–Kier alpha value is -2.43. The molecule has 0 saturated carbocycles. The van der Waals surface area contributed by atoms with Crippen LogP contribution >= 0.6 is 0 Å². The van der Waals surface area contributed by atoms with E-state index in [4.69, 9.17) is 19.9 Å². The second kappa shape index (κ2) is 5.95. The van der Waals surface area contributed by atoms with Gasteiger partial charge in [-0.15, -0.1) is 0 Å². The van der Waals surface area contributed by atoms with Gasteiger partial charge in [-0.2, -0.15) is 0 Å². The van der Waals surface area contributed by atoms with Crippen LogP contribution in [0.1, 0.15) is 5.69 Å². The summed E-state index contributed by atoms with van der Waals surface area (Å²) in [6, 6.07) is 8.92. The van der Waals surface area contributed by atoms with E-state index in [-0.39, 0.29) is 0 Å². The molecule has 0 aliphatic carbocycles. The quantitative estimate of drug-likeness (QED) is 0.835. The van der Waals surface area contributed by atoms with Crippen molar-refractivity contribution >= 4 is 5.69 Å². The van der Waals surface area contributed by atoms with Gasteiger partial charge in [0.1, 0.15) is 18.1 Å². The fourth-order valence-electron chi connectivity index (χ4n) is 1.67. The summed E-state index contributed by atoms with van der Waals surface area (Å²) in [5, 5.41) is 0. The Morgan fingerprint density at radius 3 is 2.42 bits per heavy atom. The summed E-state index contributed by atoms with van der Waals surface area (Å²) in [5.41, 5.74) is 6.99. The van der Waals surface area contributed by atoms with Crippen LogP contribution in [0.25, 0.3) is 0 Å². The number of nitrogen functional groups attached to an aromatic ring is 1. The standard InChI is InChI=1S/C14H16N2O3/c1-17-13-7-8-16-12(14(13)18-2)9-19-11-5-3-10(15)4-6-11/h3-8H,9,15H2,1-2H3. The van der Waals surface area contributed by atoms with Gasteiger partial charge in [-0.1, -0.05) is 0 Å². The van der Waals surface area contributed by atoms with Gasteiger partial charge in [0.15, 0.2) is 11.5 Å². The average molecular weight is 260 g/mol. The minimum Gasteiger partial charge on any atom is -0.493 e. The van der Waals surface area contributed by atoms with Crippen molar-refractivity contribution < 1.29 is 14.2 Å². The topological polar surface area (TPSA) is 66.6 Å². The molecule has 0 spiro atoms. The van der Waals surface area contributed by atoms with Crippen LogP contribution in [0.3, 0.4) is 0 Å². The van der Waals surface area contributed by atoms with Crippen LogP contribution in [0, 0.1) is 0 Å². The summed E-state index contributed by atoms with van der Waals surface area (Å²) >= 11 is 0. The molecule has 1 aromatic carbocycles. The number of hydrogen-bond donors (Lipinski definition) is 1. The van der Waals surface area contributed by atoms with Crippen molar-refractivity contribution in [1.29, 1.82) is 0 Å². The number of aromatic nitrogens is 1. The fourth-order valence-corrected chi connectivity index (χ4v) is 1.67. The number of hydrogen-bond acceptors (Lipinski definition) is 5. The third-order valence-corrected chi connectivity index (χ3v) is 2.62. The summed E-state index contributed by atoms with van der Waals surface area (Å²) in [7, 11) is 3.16. The maximum atomic E-state index is 5.64. The SMILES string of the molecule is COc1ccnc(COc2ccc(N)cc2)c1OC. The van der Waals surface area contributed by atoms with Crippen molar-refractivity contribution in [2.45, 2.75) is 6.61 Å². The Labute approximate surface area is 111 Å². The third kappa shape index (κ3) is 3.07. The van der Waals surface area contributed by atoms with Gasteiger partial charge in [0.05, 0.1) is 14.2 Å². The summed E-state index contributed by atoms with van der Waals surface area (Å²) in [4.78, 5) is 4.24. The number of nitrogens with two attached hydrogens (primary N) is 1. The van der Waals surface area contributed by atoms with E-state index >= 15 is 0 Å². The van der Waals surface area contributed by atoms with Gasteiger partial charge in [-0.05, 0) is 24.3 Å². The van der Waals surface area contributed by atoms with Crippen LogP contribution in [0.2, 0.25) is 0 Å². The lowest BCUT2D eigenvalue weighted by molar-refractivity contribution is 0.285. The summed E-state index contributed by atoms with van der Waals surface area (Å²) in [6.07, 6.45) is 1.66. The molecule has 2 rings (SSSR count). The van der Waals surface area contributed by atoms with E-state index in [0.717, 1.165) is 5.75 Å². The molecule has 1 heterocycles. The van der Waals surface area contributed by atoms with E-state index in [1.165, 1.54) is 0 Å². The molecule has 0 saturated heterocycles. The molecule has 0 atom stereocenters. The number of nitrogens with zero attached hydrogens (tertiary/aromatic N) is 1. The predicted molar refractivity (Wildman–Crippen MR) is 72.5 cm³/mol. The van der Waals surface area contributed by atoms with Crippen LogP contribution in [0.5, 0.6) is 17.2 Å². The van der Waals surface area contributed by atoms with Gasteiger partial charge < -0.3 is 19.9 Å². The van der Waals surface area contributed by atoms with E-state index in [0.29, 0.717) is 29.5 Å². The molecule has 2 N–H and O–H groups in total.